The van der Waals surface area contributed by atoms with Gasteiger partial charge in [0.05, 0.1) is 0 Å². The molecule has 0 spiro atoms. The van der Waals surface area contributed by atoms with Crippen molar-refractivity contribution in [3.05, 3.63) is 0 Å². The van der Waals surface area contributed by atoms with Crippen molar-refractivity contribution in [1.29, 1.82) is 0 Å². The van der Waals surface area contributed by atoms with Crippen LogP contribution in [0.4, 0.5) is 0 Å². The fourth-order valence-corrected chi connectivity index (χ4v) is 2.01. The molecule has 0 unspecified atom stereocenters. The second kappa shape index (κ2) is 8.15. The van der Waals surface area contributed by atoms with Crippen molar-refractivity contribution in [3.8, 4) is 0 Å². The van der Waals surface area contributed by atoms with Crippen molar-refractivity contribution in [2.75, 3.05) is 24.8 Å². The van der Waals surface area contributed by atoms with Crippen LogP contribution in [-0.4, -0.2) is 35.8 Å². The average Bonchev–Trinajstić information content (AvgIpc) is 2.07. The summed E-state index contributed by atoms with van der Waals surface area (Å²) in [4.78, 5) is 2.38. The third kappa shape index (κ3) is 4.54. The van der Waals surface area contributed by atoms with Crippen LogP contribution in [0.25, 0.3) is 0 Å². The van der Waals surface area contributed by atoms with Crippen molar-refractivity contribution >= 4 is 23.2 Å². The van der Waals surface area contributed by atoms with Crippen molar-refractivity contribution < 1.29 is 0 Å². The molecule has 74 valence electrons. The van der Waals surface area contributed by atoms with Gasteiger partial charge in [-0.25, -0.2) is 0 Å². The Kier molecular flexibility index (Phi) is 8.52. The van der Waals surface area contributed by atoms with Crippen LogP contribution in [0.3, 0.4) is 0 Å². The van der Waals surface area contributed by atoms with Crippen molar-refractivity contribution in [2.24, 2.45) is 0 Å². The molecule has 0 radical (unpaired) electrons. The monoisotopic (exact) mass is 211 g/mol. The Balaban J connectivity index is 3.86. The normalized spacial score (nSPS) is 11.5. The first-order chi connectivity index (χ1) is 5.79. The number of halogens is 2. The molecule has 0 aliphatic rings. The van der Waals surface area contributed by atoms with Gasteiger partial charge in [0.2, 0.25) is 0 Å². The molecule has 0 rings (SSSR count). The van der Waals surface area contributed by atoms with E-state index in [1.54, 1.807) is 0 Å². The smallest absolute Gasteiger partial charge is 0.0391 e. The predicted octanol–water partition coefficient (Wildman–Crippen LogP) is 2.95. The third-order valence-electron chi connectivity index (χ3n) is 1.89. The molecule has 0 amide bonds. The molecule has 0 atom stereocenters. The van der Waals surface area contributed by atoms with Gasteiger partial charge in [-0.1, -0.05) is 13.8 Å². The van der Waals surface area contributed by atoms with Crippen LogP contribution in [0.15, 0.2) is 0 Å². The minimum Gasteiger partial charge on any atom is -0.298 e. The van der Waals surface area contributed by atoms with Gasteiger partial charge in [0.15, 0.2) is 0 Å². The maximum atomic E-state index is 5.81. The topological polar surface area (TPSA) is 3.24 Å². The molecule has 0 saturated heterocycles. The zero-order valence-corrected chi connectivity index (χ0v) is 9.53. The van der Waals surface area contributed by atoms with E-state index in [0.29, 0.717) is 17.8 Å². The molecule has 0 aromatic carbocycles. The van der Waals surface area contributed by atoms with Gasteiger partial charge in [0, 0.05) is 17.8 Å². The van der Waals surface area contributed by atoms with Crippen LogP contribution in [0.1, 0.15) is 26.7 Å². The standard InChI is InChI=1S/C9H19Cl2N/c1-3-5-12(6-4-2)9(7-10)8-11/h9H,3-8H2,1-2H3. The van der Waals surface area contributed by atoms with E-state index >= 15 is 0 Å². The van der Waals surface area contributed by atoms with Gasteiger partial charge in [-0.3, -0.25) is 4.90 Å². The van der Waals surface area contributed by atoms with Crippen molar-refractivity contribution in [1.82, 2.24) is 4.90 Å². The highest BCUT2D eigenvalue weighted by atomic mass is 35.5. The molecular weight excluding hydrogens is 193 g/mol. The Morgan fingerprint density at radius 2 is 1.42 bits per heavy atom. The number of hydrogen-bond donors (Lipinski definition) is 0. The fraction of sp³-hybridized carbons (Fsp3) is 1.00. The van der Waals surface area contributed by atoms with E-state index in [0.717, 1.165) is 13.1 Å². The summed E-state index contributed by atoms with van der Waals surface area (Å²) in [5.74, 6) is 1.28. The lowest BCUT2D eigenvalue weighted by Crippen LogP contribution is -2.39. The van der Waals surface area contributed by atoms with Gasteiger partial charge in [-0.05, 0) is 25.9 Å². The maximum Gasteiger partial charge on any atom is 0.0391 e. The van der Waals surface area contributed by atoms with Crippen LogP contribution in [0, 0.1) is 0 Å². The lowest BCUT2D eigenvalue weighted by atomic mass is 10.2. The summed E-state index contributed by atoms with van der Waals surface area (Å²) in [6.07, 6.45) is 2.34. The molecule has 0 aliphatic carbocycles. The van der Waals surface area contributed by atoms with E-state index < -0.39 is 0 Å². The number of hydrogen-bond acceptors (Lipinski definition) is 1. The highest BCUT2D eigenvalue weighted by molar-refractivity contribution is 6.21. The van der Waals surface area contributed by atoms with Crippen LogP contribution < -0.4 is 0 Å². The first kappa shape index (κ1) is 12.5. The van der Waals surface area contributed by atoms with Crippen LogP contribution in [0.5, 0.6) is 0 Å². The van der Waals surface area contributed by atoms with Gasteiger partial charge in [-0.2, -0.15) is 0 Å². The summed E-state index contributed by atoms with van der Waals surface area (Å²) in [5, 5.41) is 0. The molecule has 1 nitrogen and oxygen atoms in total. The van der Waals surface area contributed by atoms with Crippen LogP contribution >= 0.6 is 23.2 Å². The number of nitrogens with zero attached hydrogens (tertiary/aromatic N) is 1. The summed E-state index contributed by atoms with van der Waals surface area (Å²) >= 11 is 11.6. The summed E-state index contributed by atoms with van der Waals surface area (Å²) in [6.45, 7) is 6.58. The summed E-state index contributed by atoms with van der Waals surface area (Å²) in [5.41, 5.74) is 0. The molecule has 0 aromatic heterocycles. The van der Waals surface area contributed by atoms with Gasteiger partial charge in [-0.15, -0.1) is 23.2 Å². The van der Waals surface area contributed by atoms with Gasteiger partial charge in [0.25, 0.3) is 0 Å². The van der Waals surface area contributed by atoms with Gasteiger partial charge < -0.3 is 0 Å². The molecular formula is C9H19Cl2N. The summed E-state index contributed by atoms with van der Waals surface area (Å²) < 4.78 is 0. The molecule has 12 heavy (non-hydrogen) atoms. The van der Waals surface area contributed by atoms with Crippen LogP contribution in [0.2, 0.25) is 0 Å². The Morgan fingerprint density at radius 1 is 1.00 bits per heavy atom. The van der Waals surface area contributed by atoms with E-state index in [1.165, 1.54) is 12.8 Å². The SMILES string of the molecule is CCCN(CCC)C(CCl)CCl. The minimum atomic E-state index is 0.355. The molecule has 0 fully saturated rings. The highest BCUT2D eigenvalue weighted by Crippen LogP contribution is 2.06. The Hall–Kier alpha value is 0.540. The molecule has 0 saturated carbocycles. The average molecular weight is 212 g/mol. The molecule has 0 heterocycles. The van der Waals surface area contributed by atoms with E-state index in [-0.39, 0.29) is 0 Å². The lowest BCUT2D eigenvalue weighted by molar-refractivity contribution is 0.227. The first-order valence-electron chi connectivity index (χ1n) is 4.66. The summed E-state index contributed by atoms with van der Waals surface area (Å²) in [6, 6.07) is 0.355. The van der Waals surface area contributed by atoms with E-state index in [1.807, 2.05) is 0 Å². The van der Waals surface area contributed by atoms with Crippen LogP contribution in [-0.2, 0) is 0 Å². The molecule has 3 heteroatoms. The molecule has 0 N–H and O–H groups in total. The second-order valence-corrected chi connectivity index (χ2v) is 3.62. The minimum absolute atomic E-state index is 0.355. The zero-order chi connectivity index (χ0) is 9.40. The Bertz CT molecular complexity index is 88.5. The van der Waals surface area contributed by atoms with E-state index in [4.69, 9.17) is 23.2 Å². The van der Waals surface area contributed by atoms with Gasteiger partial charge in [0.1, 0.15) is 0 Å². The Morgan fingerprint density at radius 3 is 1.67 bits per heavy atom. The first-order valence-corrected chi connectivity index (χ1v) is 5.72. The number of rotatable bonds is 7. The zero-order valence-electron chi connectivity index (χ0n) is 8.02. The van der Waals surface area contributed by atoms with Crippen molar-refractivity contribution in [2.45, 2.75) is 32.7 Å². The molecule has 0 bridgehead atoms. The van der Waals surface area contributed by atoms with E-state index in [2.05, 4.69) is 18.7 Å². The number of alkyl halides is 2. The highest BCUT2D eigenvalue weighted by Gasteiger charge is 2.14. The largest absolute Gasteiger partial charge is 0.298 e. The molecule has 0 aliphatic heterocycles. The van der Waals surface area contributed by atoms with Crippen molar-refractivity contribution in [3.63, 3.8) is 0 Å². The predicted molar refractivity (Wildman–Crippen MR) is 57.4 cm³/mol. The maximum absolute atomic E-state index is 5.81. The van der Waals surface area contributed by atoms with Gasteiger partial charge >= 0.3 is 0 Å². The fourth-order valence-electron chi connectivity index (χ4n) is 1.29. The quantitative estimate of drug-likeness (QED) is 0.586. The lowest BCUT2D eigenvalue weighted by Gasteiger charge is -2.28. The van der Waals surface area contributed by atoms with E-state index in [9.17, 15) is 0 Å². The summed E-state index contributed by atoms with van der Waals surface area (Å²) in [7, 11) is 0. The Labute approximate surface area is 86.0 Å². The third-order valence-corrected chi connectivity index (χ3v) is 2.61. The second-order valence-electron chi connectivity index (χ2n) is 3.00. The molecule has 0 aromatic rings.